The Bertz CT molecular complexity index is 325. The van der Waals surface area contributed by atoms with Gasteiger partial charge in [0, 0.05) is 4.75 Å². The van der Waals surface area contributed by atoms with Crippen molar-refractivity contribution in [2.24, 2.45) is 5.92 Å². The van der Waals surface area contributed by atoms with E-state index in [1.807, 2.05) is 0 Å². The van der Waals surface area contributed by atoms with Gasteiger partial charge in [-0.05, 0) is 68.1 Å². The molecule has 25 heavy (non-hydrogen) atoms. The Kier molecular flexibility index (Phi) is 17.7. The zero-order valence-electron chi connectivity index (χ0n) is 17.7. The Hall–Kier alpha value is 0.180. The van der Waals surface area contributed by atoms with Crippen molar-refractivity contribution in [3.05, 3.63) is 24.3 Å². The molecule has 0 rings (SSSR count). The lowest BCUT2D eigenvalue weighted by Crippen LogP contribution is -2.08. The van der Waals surface area contributed by atoms with Crippen molar-refractivity contribution < 1.29 is 0 Å². The molecule has 0 aromatic rings. The van der Waals surface area contributed by atoms with Gasteiger partial charge in [0.05, 0.1) is 0 Å². The molecular weight excluding hydrogens is 340 g/mol. The topological polar surface area (TPSA) is 0 Å². The van der Waals surface area contributed by atoms with Gasteiger partial charge in [0.15, 0.2) is 0 Å². The summed E-state index contributed by atoms with van der Waals surface area (Å²) in [6.07, 6.45) is 21.1. The SMILES string of the molecule is CC/C=C\CC/C=C/CC(CC)CCSCCCCCSC(C)(C)C. The summed E-state index contributed by atoms with van der Waals surface area (Å²) < 4.78 is 0.435. The van der Waals surface area contributed by atoms with Crippen LogP contribution in [0.5, 0.6) is 0 Å². The number of hydrogen-bond donors (Lipinski definition) is 0. The lowest BCUT2D eigenvalue weighted by molar-refractivity contribution is 0.503. The van der Waals surface area contributed by atoms with Gasteiger partial charge in [0.25, 0.3) is 0 Å². The fourth-order valence-corrected chi connectivity index (χ4v) is 4.66. The molecule has 0 radical (unpaired) electrons. The molecule has 0 fully saturated rings. The molecular formula is C23H44S2. The second kappa shape index (κ2) is 17.6. The lowest BCUT2D eigenvalue weighted by Gasteiger charge is -2.17. The highest BCUT2D eigenvalue weighted by Crippen LogP contribution is 2.24. The summed E-state index contributed by atoms with van der Waals surface area (Å²) in [5.41, 5.74) is 0. The Labute approximate surface area is 168 Å². The average Bonchev–Trinajstić information content (AvgIpc) is 2.56. The van der Waals surface area contributed by atoms with E-state index in [1.54, 1.807) is 0 Å². The molecule has 0 nitrogen and oxygen atoms in total. The van der Waals surface area contributed by atoms with Gasteiger partial charge in [-0.1, -0.05) is 71.8 Å². The van der Waals surface area contributed by atoms with Crippen LogP contribution in [0.2, 0.25) is 0 Å². The second-order valence-corrected chi connectivity index (χ2v) is 11.0. The van der Waals surface area contributed by atoms with Gasteiger partial charge in [0.1, 0.15) is 0 Å². The minimum atomic E-state index is 0.435. The molecule has 0 bridgehead atoms. The van der Waals surface area contributed by atoms with Gasteiger partial charge in [0.2, 0.25) is 0 Å². The molecule has 0 saturated heterocycles. The third kappa shape index (κ3) is 20.3. The van der Waals surface area contributed by atoms with Crippen LogP contribution in [-0.2, 0) is 0 Å². The molecule has 0 saturated carbocycles. The zero-order chi connectivity index (χ0) is 18.8. The number of unbranched alkanes of at least 4 members (excludes halogenated alkanes) is 3. The predicted octanol–water partition coefficient (Wildman–Crippen LogP) is 8.53. The third-order valence-corrected chi connectivity index (χ3v) is 6.71. The highest BCUT2D eigenvalue weighted by atomic mass is 32.2. The molecule has 0 amide bonds. The van der Waals surface area contributed by atoms with E-state index in [2.05, 4.69) is 82.4 Å². The quantitative estimate of drug-likeness (QED) is 0.193. The Morgan fingerprint density at radius 3 is 2.12 bits per heavy atom. The van der Waals surface area contributed by atoms with Crippen molar-refractivity contribution in [1.29, 1.82) is 0 Å². The van der Waals surface area contributed by atoms with E-state index in [1.165, 1.54) is 68.6 Å². The van der Waals surface area contributed by atoms with Crippen LogP contribution in [0.1, 0.15) is 92.4 Å². The van der Waals surface area contributed by atoms with E-state index in [0.717, 1.165) is 12.3 Å². The monoisotopic (exact) mass is 384 g/mol. The summed E-state index contributed by atoms with van der Waals surface area (Å²) in [7, 11) is 0. The fourth-order valence-electron chi connectivity index (χ4n) is 2.59. The van der Waals surface area contributed by atoms with Gasteiger partial charge in [-0.2, -0.15) is 23.5 Å². The summed E-state index contributed by atoms with van der Waals surface area (Å²) in [4.78, 5) is 0. The summed E-state index contributed by atoms with van der Waals surface area (Å²) in [5, 5.41) is 0. The Balaban J connectivity index is 3.48. The van der Waals surface area contributed by atoms with E-state index < -0.39 is 0 Å². The van der Waals surface area contributed by atoms with Crippen LogP contribution in [0.4, 0.5) is 0 Å². The molecule has 0 aliphatic heterocycles. The normalized spacial score (nSPS) is 14.0. The number of hydrogen-bond acceptors (Lipinski definition) is 2. The average molecular weight is 385 g/mol. The number of allylic oxidation sites excluding steroid dienone is 4. The van der Waals surface area contributed by atoms with Crippen molar-refractivity contribution in [2.75, 3.05) is 17.3 Å². The van der Waals surface area contributed by atoms with Gasteiger partial charge in [-0.15, -0.1) is 0 Å². The molecule has 2 heteroatoms. The maximum atomic E-state index is 2.42. The molecule has 0 aliphatic carbocycles. The maximum absolute atomic E-state index is 2.42. The first-order chi connectivity index (χ1) is 12.0. The molecule has 0 aromatic carbocycles. The second-order valence-electron chi connectivity index (χ2n) is 7.86. The lowest BCUT2D eigenvalue weighted by atomic mass is 9.99. The zero-order valence-corrected chi connectivity index (χ0v) is 19.3. The number of rotatable bonds is 16. The first-order valence-electron chi connectivity index (χ1n) is 10.5. The van der Waals surface area contributed by atoms with E-state index >= 15 is 0 Å². The van der Waals surface area contributed by atoms with Crippen molar-refractivity contribution in [1.82, 2.24) is 0 Å². The molecule has 148 valence electrons. The molecule has 0 spiro atoms. The van der Waals surface area contributed by atoms with Gasteiger partial charge >= 0.3 is 0 Å². The minimum absolute atomic E-state index is 0.435. The number of thioether (sulfide) groups is 2. The first kappa shape index (κ1) is 25.2. The molecule has 0 aromatic heterocycles. The Morgan fingerprint density at radius 2 is 1.48 bits per heavy atom. The highest BCUT2D eigenvalue weighted by Gasteiger charge is 2.09. The minimum Gasteiger partial charge on any atom is -0.162 e. The summed E-state index contributed by atoms with van der Waals surface area (Å²) in [5.74, 6) is 4.92. The molecule has 0 heterocycles. The first-order valence-corrected chi connectivity index (χ1v) is 12.6. The van der Waals surface area contributed by atoms with Crippen molar-refractivity contribution in [3.63, 3.8) is 0 Å². The van der Waals surface area contributed by atoms with Crippen LogP contribution >= 0.6 is 23.5 Å². The Morgan fingerprint density at radius 1 is 0.800 bits per heavy atom. The standard InChI is InChI=1S/C23H44S2/c1-6-8-9-10-11-12-14-17-22(7-2)18-21-24-19-15-13-16-20-25-23(3,4)5/h8-9,12,14,22H,6-7,10-11,13,15-21H2,1-5H3/b9-8-,14-12+. The summed E-state index contributed by atoms with van der Waals surface area (Å²) in [6.45, 7) is 11.5. The summed E-state index contributed by atoms with van der Waals surface area (Å²) >= 11 is 4.28. The molecule has 1 unspecified atom stereocenters. The largest absolute Gasteiger partial charge is 0.162 e. The third-order valence-electron chi connectivity index (χ3n) is 4.25. The van der Waals surface area contributed by atoms with E-state index in [9.17, 15) is 0 Å². The highest BCUT2D eigenvalue weighted by molar-refractivity contribution is 8.00. The van der Waals surface area contributed by atoms with E-state index in [0.29, 0.717) is 4.75 Å². The van der Waals surface area contributed by atoms with Crippen LogP contribution in [0.25, 0.3) is 0 Å². The maximum Gasteiger partial charge on any atom is 0.00750 e. The smallest absolute Gasteiger partial charge is 0.00750 e. The van der Waals surface area contributed by atoms with Crippen molar-refractivity contribution >= 4 is 23.5 Å². The predicted molar refractivity (Wildman–Crippen MR) is 124 cm³/mol. The van der Waals surface area contributed by atoms with Crippen LogP contribution in [0, 0.1) is 5.92 Å². The van der Waals surface area contributed by atoms with Gasteiger partial charge < -0.3 is 0 Å². The van der Waals surface area contributed by atoms with E-state index in [-0.39, 0.29) is 0 Å². The van der Waals surface area contributed by atoms with Crippen molar-refractivity contribution in [2.45, 2.75) is 97.2 Å². The fraction of sp³-hybridized carbons (Fsp3) is 0.826. The van der Waals surface area contributed by atoms with Gasteiger partial charge in [-0.25, -0.2) is 0 Å². The van der Waals surface area contributed by atoms with Gasteiger partial charge in [-0.3, -0.25) is 0 Å². The van der Waals surface area contributed by atoms with E-state index in [4.69, 9.17) is 0 Å². The van der Waals surface area contributed by atoms with Crippen molar-refractivity contribution in [3.8, 4) is 0 Å². The van der Waals surface area contributed by atoms with Crippen LogP contribution in [0.3, 0.4) is 0 Å². The van der Waals surface area contributed by atoms with Crippen LogP contribution < -0.4 is 0 Å². The molecule has 0 N–H and O–H groups in total. The molecule has 1 atom stereocenters. The van der Waals surface area contributed by atoms with Crippen LogP contribution in [0.15, 0.2) is 24.3 Å². The summed E-state index contributed by atoms with van der Waals surface area (Å²) in [6, 6.07) is 0. The molecule has 0 aliphatic rings. The van der Waals surface area contributed by atoms with Crippen LogP contribution in [-0.4, -0.2) is 22.0 Å².